The van der Waals surface area contributed by atoms with Gasteiger partial charge in [0.05, 0.1) is 26.3 Å². The van der Waals surface area contributed by atoms with E-state index in [-0.39, 0.29) is 24.9 Å². The topological polar surface area (TPSA) is 70.7 Å². The lowest BCUT2D eigenvalue weighted by atomic mass is 10.4. The van der Waals surface area contributed by atoms with Gasteiger partial charge in [-0.25, -0.2) is 0 Å². The van der Waals surface area contributed by atoms with Crippen molar-refractivity contribution >= 4 is 11.8 Å². The van der Waals surface area contributed by atoms with E-state index in [9.17, 15) is 9.59 Å². The van der Waals surface area contributed by atoms with Gasteiger partial charge in [0.1, 0.15) is 0 Å². The van der Waals surface area contributed by atoms with Gasteiger partial charge in [0.2, 0.25) is 11.8 Å². The maximum Gasteiger partial charge on any atom is 0.236 e. The van der Waals surface area contributed by atoms with Crippen LogP contribution in [0.2, 0.25) is 0 Å². The summed E-state index contributed by atoms with van der Waals surface area (Å²) in [6, 6.07) is 0. The van der Waals surface area contributed by atoms with Crippen molar-refractivity contribution in [2.75, 3.05) is 46.4 Å². The Balaban J connectivity index is 2.14. The second-order valence-corrected chi connectivity index (χ2v) is 3.27. The van der Waals surface area contributed by atoms with Crippen molar-refractivity contribution in [3.05, 3.63) is 0 Å². The number of carbonyl (C=O) groups excluding carboxylic acids is 2. The van der Waals surface area contributed by atoms with Crippen molar-refractivity contribution in [2.45, 2.75) is 0 Å². The van der Waals surface area contributed by atoms with Gasteiger partial charge in [-0.1, -0.05) is 0 Å². The third-order valence-electron chi connectivity index (χ3n) is 2.20. The Bertz CT molecular complexity index is 227. The van der Waals surface area contributed by atoms with E-state index in [2.05, 4.69) is 10.6 Å². The molecule has 6 heteroatoms. The minimum atomic E-state index is -0.121. The van der Waals surface area contributed by atoms with E-state index in [1.807, 2.05) is 0 Å². The molecule has 0 unspecified atom stereocenters. The Morgan fingerprint density at radius 2 is 1.93 bits per heavy atom. The molecule has 6 nitrogen and oxygen atoms in total. The lowest BCUT2D eigenvalue weighted by Crippen LogP contribution is -2.45. The zero-order chi connectivity index (χ0) is 11.1. The number of nitrogens with one attached hydrogen (secondary N) is 2. The fourth-order valence-corrected chi connectivity index (χ4v) is 1.30. The van der Waals surface area contributed by atoms with Gasteiger partial charge < -0.3 is 15.0 Å². The normalized spacial score (nSPS) is 16.2. The molecule has 0 atom stereocenters. The van der Waals surface area contributed by atoms with Crippen LogP contribution < -0.4 is 10.6 Å². The van der Waals surface area contributed by atoms with Gasteiger partial charge in [0, 0.05) is 20.1 Å². The molecule has 2 amide bonds. The molecule has 0 aliphatic carbocycles. The van der Waals surface area contributed by atoms with Crippen molar-refractivity contribution in [2.24, 2.45) is 0 Å². The summed E-state index contributed by atoms with van der Waals surface area (Å²) in [5.74, 6) is -0.105. The minimum Gasteiger partial charge on any atom is -0.378 e. The number of hydrogen-bond acceptors (Lipinski definition) is 4. The first-order valence-corrected chi connectivity index (χ1v) is 5.01. The highest BCUT2D eigenvalue weighted by Gasteiger charge is 2.16. The lowest BCUT2D eigenvalue weighted by molar-refractivity contribution is -0.134. The molecule has 2 N–H and O–H groups in total. The summed E-state index contributed by atoms with van der Waals surface area (Å²) in [6.07, 6.45) is 0. The molecule has 0 radical (unpaired) electrons. The third-order valence-corrected chi connectivity index (χ3v) is 2.20. The first-order valence-electron chi connectivity index (χ1n) is 5.01. The van der Waals surface area contributed by atoms with E-state index in [1.54, 1.807) is 11.9 Å². The van der Waals surface area contributed by atoms with Crippen LogP contribution in [0.1, 0.15) is 0 Å². The van der Waals surface area contributed by atoms with Crippen LogP contribution in [0.3, 0.4) is 0 Å². The van der Waals surface area contributed by atoms with Gasteiger partial charge in [0.15, 0.2) is 0 Å². The van der Waals surface area contributed by atoms with Crippen LogP contribution in [0, 0.1) is 0 Å². The molecule has 1 aliphatic rings. The predicted octanol–water partition coefficient (Wildman–Crippen LogP) is -1.82. The Hall–Kier alpha value is -1.14. The van der Waals surface area contributed by atoms with E-state index < -0.39 is 0 Å². The number of amides is 2. The number of rotatable bonds is 4. The highest BCUT2D eigenvalue weighted by molar-refractivity contribution is 5.81. The van der Waals surface area contributed by atoms with Crippen LogP contribution in [0.4, 0.5) is 0 Å². The van der Waals surface area contributed by atoms with Crippen LogP contribution >= 0.6 is 0 Å². The molecule has 1 fully saturated rings. The molecule has 86 valence electrons. The molecule has 1 aliphatic heterocycles. The van der Waals surface area contributed by atoms with Gasteiger partial charge in [0.25, 0.3) is 0 Å². The van der Waals surface area contributed by atoms with E-state index in [4.69, 9.17) is 4.74 Å². The molecular formula is C9H17N3O3. The molecule has 0 saturated carbocycles. The average molecular weight is 215 g/mol. The van der Waals surface area contributed by atoms with Crippen molar-refractivity contribution in [3.8, 4) is 0 Å². The summed E-state index contributed by atoms with van der Waals surface area (Å²) in [6.45, 7) is 2.85. The summed E-state index contributed by atoms with van der Waals surface area (Å²) >= 11 is 0. The third kappa shape index (κ3) is 4.26. The van der Waals surface area contributed by atoms with E-state index in [1.165, 1.54) is 0 Å². The Kier molecular flexibility index (Phi) is 5.06. The van der Waals surface area contributed by atoms with Crippen LogP contribution in [0.15, 0.2) is 0 Å². The number of carbonyl (C=O) groups is 2. The van der Waals surface area contributed by atoms with Crippen LogP contribution in [-0.4, -0.2) is 63.2 Å². The smallest absolute Gasteiger partial charge is 0.236 e. The number of morpholine rings is 1. The molecule has 0 bridgehead atoms. The number of likely N-dealkylation sites (N-methyl/N-ethyl adjacent to an activating group) is 1. The number of ether oxygens (including phenoxy) is 1. The van der Waals surface area contributed by atoms with Crippen LogP contribution in [0.25, 0.3) is 0 Å². The van der Waals surface area contributed by atoms with E-state index >= 15 is 0 Å². The van der Waals surface area contributed by atoms with Gasteiger partial charge >= 0.3 is 0 Å². The monoisotopic (exact) mass is 215 g/mol. The SMILES string of the molecule is CNC(=O)CNCC(=O)N1CCOCC1. The molecule has 1 rings (SSSR count). The molecule has 15 heavy (non-hydrogen) atoms. The average Bonchev–Trinajstić information content (AvgIpc) is 2.29. The maximum atomic E-state index is 11.5. The van der Waals surface area contributed by atoms with Gasteiger partial charge in [-0.2, -0.15) is 0 Å². The zero-order valence-corrected chi connectivity index (χ0v) is 8.91. The minimum absolute atomic E-state index is 0.0159. The predicted molar refractivity (Wildman–Crippen MR) is 54.3 cm³/mol. The summed E-state index contributed by atoms with van der Waals surface area (Å²) < 4.78 is 5.13. The first kappa shape index (κ1) is 11.9. The molecule has 1 saturated heterocycles. The maximum absolute atomic E-state index is 11.5. The summed E-state index contributed by atoms with van der Waals surface area (Å²) in [4.78, 5) is 24.1. The summed E-state index contributed by atoms with van der Waals surface area (Å²) in [7, 11) is 1.56. The first-order chi connectivity index (χ1) is 7.24. The quantitative estimate of drug-likeness (QED) is 0.579. The highest BCUT2D eigenvalue weighted by Crippen LogP contribution is 1.96. The lowest BCUT2D eigenvalue weighted by Gasteiger charge is -2.26. The van der Waals surface area contributed by atoms with E-state index in [0.717, 1.165) is 0 Å². The van der Waals surface area contributed by atoms with Crippen LogP contribution in [0.5, 0.6) is 0 Å². The molecule has 0 aromatic carbocycles. The summed E-state index contributed by atoms with van der Waals surface area (Å²) in [5, 5.41) is 5.26. The van der Waals surface area contributed by atoms with E-state index in [0.29, 0.717) is 26.3 Å². The Labute approximate surface area is 88.9 Å². The van der Waals surface area contributed by atoms with Crippen molar-refractivity contribution in [1.29, 1.82) is 0 Å². The fourth-order valence-electron chi connectivity index (χ4n) is 1.30. The van der Waals surface area contributed by atoms with Gasteiger partial charge in [-0.3, -0.25) is 14.9 Å². The number of nitrogens with zero attached hydrogens (tertiary/aromatic N) is 1. The fraction of sp³-hybridized carbons (Fsp3) is 0.778. The molecule has 0 spiro atoms. The molecular weight excluding hydrogens is 198 g/mol. The molecule has 1 heterocycles. The summed E-state index contributed by atoms with van der Waals surface area (Å²) in [5.41, 5.74) is 0. The van der Waals surface area contributed by atoms with Crippen LogP contribution in [-0.2, 0) is 14.3 Å². The highest BCUT2D eigenvalue weighted by atomic mass is 16.5. The van der Waals surface area contributed by atoms with Crippen molar-refractivity contribution < 1.29 is 14.3 Å². The van der Waals surface area contributed by atoms with Gasteiger partial charge in [-0.05, 0) is 0 Å². The second kappa shape index (κ2) is 6.36. The zero-order valence-electron chi connectivity index (χ0n) is 8.91. The Morgan fingerprint density at radius 1 is 1.27 bits per heavy atom. The van der Waals surface area contributed by atoms with Gasteiger partial charge in [-0.15, -0.1) is 0 Å². The number of hydrogen-bond donors (Lipinski definition) is 2. The van der Waals surface area contributed by atoms with Crippen molar-refractivity contribution in [3.63, 3.8) is 0 Å². The Morgan fingerprint density at radius 3 is 2.53 bits per heavy atom. The molecule has 0 aromatic rings. The largest absolute Gasteiger partial charge is 0.378 e. The second-order valence-electron chi connectivity index (χ2n) is 3.27. The van der Waals surface area contributed by atoms with Crippen molar-refractivity contribution in [1.82, 2.24) is 15.5 Å². The standard InChI is InChI=1S/C9H17N3O3/c1-10-8(13)6-11-7-9(14)12-2-4-15-5-3-12/h11H,2-7H2,1H3,(H,10,13). The molecule has 0 aromatic heterocycles.